The molecule has 0 heterocycles. The Morgan fingerprint density at radius 3 is 2.22 bits per heavy atom. The van der Waals surface area contributed by atoms with Gasteiger partial charge in [0.1, 0.15) is 5.75 Å². The molecule has 4 aromatic carbocycles. The molecule has 0 aliphatic carbocycles. The zero-order chi connectivity index (χ0) is 25.5. The van der Waals surface area contributed by atoms with E-state index in [9.17, 15) is 13.2 Å². The van der Waals surface area contributed by atoms with E-state index in [1.165, 1.54) is 12.1 Å². The van der Waals surface area contributed by atoms with E-state index in [2.05, 4.69) is 5.32 Å². The molecule has 0 radical (unpaired) electrons. The van der Waals surface area contributed by atoms with E-state index in [1.54, 1.807) is 72.8 Å². The van der Waals surface area contributed by atoms with Crippen LogP contribution < -0.4 is 10.1 Å². The third kappa shape index (κ3) is 6.31. The van der Waals surface area contributed by atoms with Crippen molar-refractivity contribution in [2.75, 3.05) is 11.9 Å². The van der Waals surface area contributed by atoms with Gasteiger partial charge in [0.2, 0.25) is 15.9 Å². The zero-order valence-corrected chi connectivity index (χ0v) is 21.2. The molecular formula is C28H25ClN2O4S. The topological polar surface area (TPSA) is 75.7 Å². The number of hydrogen-bond donors (Lipinski definition) is 1. The molecule has 4 aromatic rings. The molecule has 0 saturated heterocycles. The first-order valence-corrected chi connectivity index (χ1v) is 13.1. The fraction of sp³-hybridized carbons (Fsp3) is 0.107. The minimum atomic E-state index is -4.00. The number of nitrogens with one attached hydrogen (secondary N) is 1. The average Bonchev–Trinajstić information content (AvgIpc) is 2.87. The van der Waals surface area contributed by atoms with Crippen molar-refractivity contribution in [3.8, 4) is 11.5 Å². The van der Waals surface area contributed by atoms with Crippen molar-refractivity contribution in [2.45, 2.75) is 18.4 Å². The van der Waals surface area contributed by atoms with Crippen LogP contribution in [0, 0.1) is 6.92 Å². The number of hydrogen-bond acceptors (Lipinski definition) is 4. The lowest BCUT2D eigenvalue weighted by molar-refractivity contribution is -0.116. The highest BCUT2D eigenvalue weighted by molar-refractivity contribution is 7.89. The number of carbonyl (C=O) groups excluding carboxylic acids is 1. The van der Waals surface area contributed by atoms with Gasteiger partial charge in [0.15, 0.2) is 5.75 Å². The number of ether oxygens (including phenoxy) is 1. The summed E-state index contributed by atoms with van der Waals surface area (Å²) in [5.41, 5.74) is 1.95. The number of benzene rings is 4. The molecule has 0 aromatic heterocycles. The molecule has 0 unspecified atom stereocenters. The Labute approximate surface area is 216 Å². The molecule has 0 atom stereocenters. The lowest BCUT2D eigenvalue weighted by Gasteiger charge is -2.23. The summed E-state index contributed by atoms with van der Waals surface area (Å²) in [4.78, 5) is 13.2. The van der Waals surface area contributed by atoms with Crippen LogP contribution in [0.3, 0.4) is 0 Å². The molecule has 36 heavy (non-hydrogen) atoms. The van der Waals surface area contributed by atoms with Gasteiger partial charge >= 0.3 is 0 Å². The lowest BCUT2D eigenvalue weighted by atomic mass is 10.2. The Kier molecular flexibility index (Phi) is 8.05. The number of para-hydroxylation sites is 3. The number of anilines is 1. The van der Waals surface area contributed by atoms with Crippen LogP contribution in [0.5, 0.6) is 11.5 Å². The Hall–Kier alpha value is -3.65. The van der Waals surface area contributed by atoms with Gasteiger partial charge < -0.3 is 10.1 Å². The SMILES string of the molecule is Cc1ccc(S(=O)(=O)N(CC(=O)Nc2ccccc2Oc2ccccc2)Cc2ccccc2Cl)cc1. The first-order chi connectivity index (χ1) is 17.3. The largest absolute Gasteiger partial charge is 0.455 e. The first-order valence-electron chi connectivity index (χ1n) is 11.2. The number of aryl methyl sites for hydroxylation is 1. The van der Waals surface area contributed by atoms with Crippen molar-refractivity contribution in [1.82, 2.24) is 4.31 Å². The summed E-state index contributed by atoms with van der Waals surface area (Å²) in [6.07, 6.45) is 0. The predicted molar refractivity (Wildman–Crippen MR) is 142 cm³/mol. The van der Waals surface area contributed by atoms with Crippen LogP contribution in [0.25, 0.3) is 0 Å². The molecule has 1 amide bonds. The van der Waals surface area contributed by atoms with E-state index in [-0.39, 0.29) is 11.4 Å². The fourth-order valence-electron chi connectivity index (χ4n) is 3.53. The van der Waals surface area contributed by atoms with E-state index in [0.29, 0.717) is 27.8 Å². The molecule has 0 fully saturated rings. The summed E-state index contributed by atoms with van der Waals surface area (Å²) < 4.78 is 34.1. The molecule has 184 valence electrons. The van der Waals surface area contributed by atoms with Crippen LogP contribution in [0.2, 0.25) is 5.02 Å². The van der Waals surface area contributed by atoms with Crippen molar-refractivity contribution in [3.05, 3.63) is 119 Å². The average molecular weight is 521 g/mol. The van der Waals surface area contributed by atoms with Crippen LogP contribution in [-0.4, -0.2) is 25.2 Å². The number of carbonyl (C=O) groups is 1. The van der Waals surface area contributed by atoms with Gasteiger partial charge in [0, 0.05) is 11.6 Å². The maximum absolute atomic E-state index is 13.5. The van der Waals surface area contributed by atoms with E-state index >= 15 is 0 Å². The van der Waals surface area contributed by atoms with Crippen molar-refractivity contribution in [2.24, 2.45) is 0 Å². The van der Waals surface area contributed by atoms with Gasteiger partial charge in [0.25, 0.3) is 0 Å². The van der Waals surface area contributed by atoms with Gasteiger partial charge in [-0.2, -0.15) is 4.31 Å². The standard InChI is InChI=1S/C28H25ClN2O4S/c1-21-15-17-24(18-16-21)36(33,34)31(19-22-9-5-6-12-25(22)29)20-28(32)30-26-13-7-8-14-27(26)35-23-10-3-2-4-11-23/h2-18H,19-20H2,1H3,(H,30,32). The van der Waals surface area contributed by atoms with E-state index in [1.807, 2.05) is 25.1 Å². The summed E-state index contributed by atoms with van der Waals surface area (Å²) in [5.74, 6) is 0.541. The number of amides is 1. The highest BCUT2D eigenvalue weighted by atomic mass is 35.5. The molecule has 0 aliphatic heterocycles. The van der Waals surface area contributed by atoms with Crippen molar-refractivity contribution in [3.63, 3.8) is 0 Å². The third-order valence-corrected chi connectivity index (χ3v) is 7.59. The summed E-state index contributed by atoms with van der Waals surface area (Å²) in [7, 11) is -4.00. The maximum Gasteiger partial charge on any atom is 0.243 e. The maximum atomic E-state index is 13.5. The predicted octanol–water partition coefficient (Wildman–Crippen LogP) is 6.27. The van der Waals surface area contributed by atoms with Gasteiger partial charge in [-0.15, -0.1) is 0 Å². The normalized spacial score (nSPS) is 11.3. The van der Waals surface area contributed by atoms with Crippen LogP contribution in [0.4, 0.5) is 5.69 Å². The van der Waals surface area contributed by atoms with Gasteiger partial charge in [0.05, 0.1) is 17.1 Å². The molecule has 0 bridgehead atoms. The molecule has 6 nitrogen and oxygen atoms in total. The third-order valence-electron chi connectivity index (χ3n) is 5.42. The number of halogens is 1. The fourth-order valence-corrected chi connectivity index (χ4v) is 5.10. The molecule has 1 N–H and O–H groups in total. The Morgan fingerprint density at radius 1 is 0.861 bits per heavy atom. The summed E-state index contributed by atoms with van der Waals surface area (Å²) in [6.45, 7) is 1.40. The van der Waals surface area contributed by atoms with Crippen LogP contribution >= 0.6 is 11.6 Å². The van der Waals surface area contributed by atoms with Gasteiger partial charge in [-0.05, 0) is 55.0 Å². The number of nitrogens with zero attached hydrogens (tertiary/aromatic N) is 1. The molecule has 8 heteroatoms. The highest BCUT2D eigenvalue weighted by Gasteiger charge is 2.28. The Bertz CT molecular complexity index is 1440. The van der Waals surface area contributed by atoms with E-state index < -0.39 is 22.5 Å². The lowest BCUT2D eigenvalue weighted by Crippen LogP contribution is -2.37. The second kappa shape index (κ2) is 11.4. The number of rotatable bonds is 9. The number of sulfonamides is 1. The first kappa shape index (κ1) is 25.4. The smallest absolute Gasteiger partial charge is 0.243 e. The molecule has 0 spiro atoms. The van der Waals surface area contributed by atoms with Gasteiger partial charge in [-0.25, -0.2) is 8.42 Å². The second-order valence-electron chi connectivity index (χ2n) is 8.14. The second-order valence-corrected chi connectivity index (χ2v) is 10.5. The van der Waals surface area contributed by atoms with Crippen molar-refractivity contribution < 1.29 is 17.9 Å². The van der Waals surface area contributed by atoms with E-state index in [0.717, 1.165) is 9.87 Å². The van der Waals surface area contributed by atoms with Gasteiger partial charge in [-0.3, -0.25) is 4.79 Å². The summed E-state index contributed by atoms with van der Waals surface area (Å²) >= 11 is 6.31. The molecular weight excluding hydrogens is 496 g/mol. The highest BCUT2D eigenvalue weighted by Crippen LogP contribution is 2.29. The minimum absolute atomic E-state index is 0.0640. The Balaban J connectivity index is 1.59. The van der Waals surface area contributed by atoms with Crippen LogP contribution in [0.1, 0.15) is 11.1 Å². The van der Waals surface area contributed by atoms with Crippen molar-refractivity contribution in [1.29, 1.82) is 0 Å². The molecule has 0 aliphatic rings. The quantitative estimate of drug-likeness (QED) is 0.282. The van der Waals surface area contributed by atoms with E-state index in [4.69, 9.17) is 16.3 Å². The summed E-state index contributed by atoms with van der Waals surface area (Å²) in [6, 6.07) is 29.6. The van der Waals surface area contributed by atoms with Crippen LogP contribution in [0.15, 0.2) is 108 Å². The van der Waals surface area contributed by atoms with Crippen molar-refractivity contribution >= 4 is 33.2 Å². The molecule has 0 saturated carbocycles. The van der Waals surface area contributed by atoms with Crippen LogP contribution in [-0.2, 0) is 21.4 Å². The zero-order valence-electron chi connectivity index (χ0n) is 19.6. The minimum Gasteiger partial charge on any atom is -0.455 e. The van der Waals surface area contributed by atoms with Gasteiger partial charge in [-0.1, -0.05) is 77.8 Å². The molecule has 4 rings (SSSR count). The summed E-state index contributed by atoms with van der Waals surface area (Å²) in [5, 5.41) is 3.21. The Morgan fingerprint density at radius 2 is 1.50 bits per heavy atom. The monoisotopic (exact) mass is 520 g/mol.